The van der Waals surface area contributed by atoms with Crippen molar-refractivity contribution in [1.29, 1.82) is 0 Å². The van der Waals surface area contributed by atoms with Crippen molar-refractivity contribution in [2.24, 2.45) is 15.7 Å². The Bertz CT molecular complexity index is 870. The monoisotopic (exact) mass is 390 g/mol. The highest BCUT2D eigenvalue weighted by Crippen LogP contribution is 2.40. The second kappa shape index (κ2) is 7.63. The molecule has 1 aliphatic rings. The van der Waals surface area contributed by atoms with Crippen molar-refractivity contribution in [1.82, 2.24) is 20.1 Å². The summed E-state index contributed by atoms with van der Waals surface area (Å²) in [7, 11) is 0. The maximum atomic E-state index is 9.40. The largest absolute Gasteiger partial charge is 0.394 e. The van der Waals surface area contributed by atoms with E-state index in [1.807, 2.05) is 6.92 Å². The Morgan fingerprint density at radius 3 is 2.81 bits per heavy atom. The number of rotatable bonds is 4. The van der Waals surface area contributed by atoms with Gasteiger partial charge in [0.1, 0.15) is 23.0 Å². The number of likely N-dealkylation sites (tertiary alicyclic amines) is 1. The maximum absolute atomic E-state index is 9.40. The van der Waals surface area contributed by atoms with Crippen LogP contribution in [0.2, 0.25) is 5.02 Å². The molecular weight excluding hydrogens is 368 g/mol. The number of aliphatic hydroxyl groups excluding tert-OH is 1. The quantitative estimate of drug-likeness (QED) is 0.463. The number of anilines is 1. The fourth-order valence-corrected chi connectivity index (χ4v) is 3.25. The first-order valence-corrected chi connectivity index (χ1v) is 8.92. The number of aromatic nitrogens is 3. The van der Waals surface area contributed by atoms with E-state index in [2.05, 4.69) is 36.8 Å². The van der Waals surface area contributed by atoms with Crippen molar-refractivity contribution in [3.05, 3.63) is 17.3 Å². The second-order valence-electron chi connectivity index (χ2n) is 6.65. The number of aliphatic imine (C=N–C) groups is 2. The number of amidine groups is 1. The third-order valence-electron chi connectivity index (χ3n) is 4.86. The predicted molar refractivity (Wildman–Crippen MR) is 108 cm³/mol. The molecule has 27 heavy (non-hydrogen) atoms. The first kappa shape index (κ1) is 19.3. The van der Waals surface area contributed by atoms with Crippen molar-refractivity contribution in [2.75, 3.05) is 25.4 Å². The van der Waals surface area contributed by atoms with Gasteiger partial charge < -0.3 is 21.5 Å². The summed E-state index contributed by atoms with van der Waals surface area (Å²) in [6.45, 7) is 6.96. The third kappa shape index (κ3) is 3.80. The van der Waals surface area contributed by atoms with E-state index in [-0.39, 0.29) is 12.4 Å². The zero-order chi connectivity index (χ0) is 19.6. The number of hydrogen-bond donors (Lipinski definition) is 4. The van der Waals surface area contributed by atoms with Crippen LogP contribution < -0.4 is 11.5 Å². The minimum Gasteiger partial charge on any atom is -0.394 e. The Balaban J connectivity index is 1.88. The molecule has 2 aromatic heterocycles. The van der Waals surface area contributed by atoms with Gasteiger partial charge in [0.2, 0.25) is 0 Å². The van der Waals surface area contributed by atoms with Gasteiger partial charge in [-0.3, -0.25) is 10.1 Å². The summed E-state index contributed by atoms with van der Waals surface area (Å²) < 4.78 is 0. The number of piperidine rings is 1. The Hall–Kier alpha value is -2.49. The van der Waals surface area contributed by atoms with Crippen LogP contribution >= 0.6 is 11.6 Å². The van der Waals surface area contributed by atoms with E-state index in [1.165, 1.54) is 0 Å². The van der Waals surface area contributed by atoms with Crippen LogP contribution in [0, 0.1) is 0 Å². The van der Waals surface area contributed by atoms with E-state index >= 15 is 0 Å². The second-order valence-corrected chi connectivity index (χ2v) is 7.03. The van der Waals surface area contributed by atoms with Crippen LogP contribution in [0.4, 0.5) is 17.3 Å². The Labute approximate surface area is 162 Å². The topological polar surface area (TPSA) is 142 Å². The minimum atomic E-state index is -0.510. The highest BCUT2D eigenvalue weighted by atomic mass is 35.5. The molecule has 0 aliphatic carbocycles. The van der Waals surface area contributed by atoms with Crippen LogP contribution in [0.15, 0.2) is 22.2 Å². The number of nitrogens with zero attached hydrogens (tertiary/aromatic N) is 5. The lowest BCUT2D eigenvalue weighted by atomic mass is 9.89. The van der Waals surface area contributed by atoms with Crippen molar-refractivity contribution >= 4 is 41.5 Å². The lowest BCUT2D eigenvalue weighted by Crippen LogP contribution is -2.53. The molecule has 0 saturated carbocycles. The molecule has 144 valence electrons. The van der Waals surface area contributed by atoms with Gasteiger partial charge in [0.25, 0.3) is 0 Å². The number of nitrogens with two attached hydrogens (primary N) is 2. The molecule has 0 aromatic carbocycles. The molecule has 6 N–H and O–H groups in total. The zero-order valence-electron chi connectivity index (χ0n) is 15.1. The number of aliphatic hydroxyl groups is 1. The Kier molecular flexibility index (Phi) is 5.45. The van der Waals surface area contributed by atoms with Gasteiger partial charge in [0, 0.05) is 30.4 Å². The molecule has 0 spiro atoms. The summed E-state index contributed by atoms with van der Waals surface area (Å²) in [5.41, 5.74) is 13.0. The highest BCUT2D eigenvalue weighted by molar-refractivity contribution is 6.35. The molecule has 0 unspecified atom stereocenters. The summed E-state index contributed by atoms with van der Waals surface area (Å²) in [6.07, 6.45) is 2.95. The molecule has 3 rings (SSSR count). The van der Waals surface area contributed by atoms with E-state index in [1.54, 1.807) is 12.3 Å². The Morgan fingerprint density at radius 1 is 1.48 bits per heavy atom. The van der Waals surface area contributed by atoms with E-state index < -0.39 is 5.54 Å². The molecule has 1 fully saturated rings. The number of hydrogen-bond acceptors (Lipinski definition) is 7. The maximum Gasteiger partial charge on any atom is 0.176 e. The fourth-order valence-electron chi connectivity index (χ4n) is 3.05. The van der Waals surface area contributed by atoms with Gasteiger partial charge in [0.15, 0.2) is 5.82 Å². The van der Waals surface area contributed by atoms with Crippen LogP contribution in [0.25, 0.3) is 11.3 Å². The lowest BCUT2D eigenvalue weighted by Gasteiger charge is -2.38. The Morgan fingerprint density at radius 2 is 2.19 bits per heavy atom. The number of nitrogen functional groups attached to an aromatic ring is 1. The molecule has 0 bridgehead atoms. The predicted octanol–water partition coefficient (Wildman–Crippen LogP) is 1.87. The van der Waals surface area contributed by atoms with Gasteiger partial charge in [-0.25, -0.2) is 9.98 Å². The molecule has 0 amide bonds. The normalized spacial score (nSPS) is 17.2. The van der Waals surface area contributed by atoms with Crippen molar-refractivity contribution in [3.8, 4) is 11.3 Å². The van der Waals surface area contributed by atoms with Crippen LogP contribution in [0.3, 0.4) is 0 Å². The molecule has 9 nitrogen and oxygen atoms in total. The van der Waals surface area contributed by atoms with Gasteiger partial charge in [-0.15, -0.1) is 0 Å². The van der Waals surface area contributed by atoms with Crippen molar-refractivity contribution in [2.45, 2.75) is 25.3 Å². The summed E-state index contributed by atoms with van der Waals surface area (Å²) >= 11 is 6.25. The van der Waals surface area contributed by atoms with Crippen molar-refractivity contribution in [3.63, 3.8) is 0 Å². The molecule has 10 heteroatoms. The summed E-state index contributed by atoms with van der Waals surface area (Å²) in [6, 6.07) is 1.71. The first-order chi connectivity index (χ1) is 12.9. The van der Waals surface area contributed by atoms with Crippen LogP contribution in [0.5, 0.6) is 0 Å². The van der Waals surface area contributed by atoms with Gasteiger partial charge in [-0.1, -0.05) is 11.6 Å². The van der Waals surface area contributed by atoms with Gasteiger partial charge in [-0.2, -0.15) is 5.10 Å². The van der Waals surface area contributed by atoms with Gasteiger partial charge in [-0.05, 0) is 32.5 Å². The van der Waals surface area contributed by atoms with Crippen molar-refractivity contribution < 1.29 is 5.11 Å². The summed E-state index contributed by atoms with van der Waals surface area (Å²) in [5.74, 6) is 1.50. The number of H-pyrrole nitrogens is 1. The average Bonchev–Trinajstić information content (AvgIpc) is 3.06. The molecule has 0 radical (unpaired) electrons. The highest BCUT2D eigenvalue weighted by Gasteiger charge is 2.30. The lowest BCUT2D eigenvalue weighted by molar-refractivity contribution is 0.135. The number of halogens is 1. The van der Waals surface area contributed by atoms with Crippen LogP contribution in [-0.4, -0.2) is 63.0 Å². The molecule has 0 atom stereocenters. The molecule has 2 aromatic rings. The average molecular weight is 391 g/mol. The van der Waals surface area contributed by atoms with Gasteiger partial charge >= 0.3 is 0 Å². The van der Waals surface area contributed by atoms with E-state index in [9.17, 15) is 5.11 Å². The third-order valence-corrected chi connectivity index (χ3v) is 5.25. The molecule has 1 aliphatic heterocycles. The molecular formula is C17H23ClN8O. The summed E-state index contributed by atoms with van der Waals surface area (Å²) in [5, 5.41) is 16.9. The smallest absolute Gasteiger partial charge is 0.176 e. The number of nitrogens with one attached hydrogen (secondary N) is 1. The molecule has 3 heterocycles. The zero-order valence-corrected chi connectivity index (χ0v) is 15.9. The van der Waals surface area contributed by atoms with E-state index in [0.717, 1.165) is 18.9 Å². The minimum absolute atomic E-state index is 0.0126. The molecule has 1 saturated heterocycles. The standard InChI is InChI=1S/C17H23ClN8O/c1-10(26-7-4-17(20,9-27)5-8-26)23-16-14(21-2)13(24-25-16)11-3-6-22-15(19)12(11)18/h3,6,27H,2,4-5,7-9,20H2,1H3,(H2,19,22)(H,24,25)/b23-10+. The number of aromatic amines is 1. The van der Waals surface area contributed by atoms with Crippen LogP contribution in [-0.2, 0) is 0 Å². The summed E-state index contributed by atoms with van der Waals surface area (Å²) in [4.78, 5) is 14.8. The first-order valence-electron chi connectivity index (χ1n) is 8.54. The number of pyridine rings is 1. The van der Waals surface area contributed by atoms with Crippen LogP contribution in [0.1, 0.15) is 19.8 Å². The van der Waals surface area contributed by atoms with E-state index in [4.69, 9.17) is 23.1 Å². The van der Waals surface area contributed by atoms with Gasteiger partial charge in [0.05, 0.1) is 11.6 Å². The SMILES string of the molecule is C=Nc1c(-c2ccnc(N)c2Cl)n[nH]c1/N=C(\C)N1CCC(N)(CO)CC1. The fraction of sp³-hybridized carbons (Fsp3) is 0.412. The van der Waals surface area contributed by atoms with E-state index in [0.29, 0.717) is 40.6 Å².